The molecule has 0 saturated heterocycles. The van der Waals surface area contributed by atoms with Crippen molar-refractivity contribution in [1.82, 2.24) is 15.2 Å². The maximum atomic E-state index is 12.0. The maximum Gasteiger partial charge on any atom is 0.270 e. The van der Waals surface area contributed by atoms with Gasteiger partial charge in [-0.15, -0.1) is 11.3 Å². The lowest BCUT2D eigenvalue weighted by atomic mass is 10.1. The van der Waals surface area contributed by atoms with Crippen LogP contribution < -0.4 is 10.1 Å². The van der Waals surface area contributed by atoms with Gasteiger partial charge in [-0.3, -0.25) is 4.79 Å². The zero-order valence-electron chi connectivity index (χ0n) is 14.0. The molecule has 0 saturated carbocycles. The lowest BCUT2D eigenvalue weighted by molar-refractivity contribution is 0.0946. The standard InChI is InChI=1S/C17H23N3O2S/c1-12-5-6-14(9-13(12)2)22-10-16-19-15(11-23-16)17(21)18-7-8-20(3)4/h5-6,9,11H,7-8,10H2,1-4H3,(H,18,21). The van der Waals surface area contributed by atoms with Gasteiger partial charge in [0, 0.05) is 18.5 Å². The second-order valence-electron chi connectivity index (χ2n) is 5.72. The summed E-state index contributed by atoms with van der Waals surface area (Å²) in [5, 5.41) is 5.41. The molecule has 23 heavy (non-hydrogen) atoms. The Balaban J connectivity index is 1.86. The van der Waals surface area contributed by atoms with Gasteiger partial charge >= 0.3 is 0 Å². The van der Waals surface area contributed by atoms with E-state index in [2.05, 4.69) is 24.1 Å². The number of carbonyl (C=O) groups excluding carboxylic acids is 1. The number of hydrogen-bond acceptors (Lipinski definition) is 5. The molecule has 5 nitrogen and oxygen atoms in total. The summed E-state index contributed by atoms with van der Waals surface area (Å²) >= 11 is 1.44. The summed E-state index contributed by atoms with van der Waals surface area (Å²) in [4.78, 5) is 18.3. The third-order valence-corrected chi connectivity index (χ3v) is 4.29. The molecular weight excluding hydrogens is 310 g/mol. The number of ether oxygens (including phenoxy) is 1. The Hall–Kier alpha value is -1.92. The van der Waals surface area contributed by atoms with Crippen LogP contribution in [-0.4, -0.2) is 43.0 Å². The average molecular weight is 333 g/mol. The first-order chi connectivity index (χ1) is 11.0. The van der Waals surface area contributed by atoms with Crippen molar-refractivity contribution in [3.63, 3.8) is 0 Å². The molecule has 124 valence electrons. The van der Waals surface area contributed by atoms with Gasteiger partial charge in [0.2, 0.25) is 0 Å². The van der Waals surface area contributed by atoms with Crippen LogP contribution in [0.1, 0.15) is 26.6 Å². The fourth-order valence-corrected chi connectivity index (χ4v) is 2.60. The molecule has 0 unspecified atom stereocenters. The van der Waals surface area contributed by atoms with Crippen molar-refractivity contribution < 1.29 is 9.53 Å². The van der Waals surface area contributed by atoms with Crippen molar-refractivity contribution in [2.75, 3.05) is 27.2 Å². The van der Waals surface area contributed by atoms with Gasteiger partial charge < -0.3 is 15.0 Å². The molecule has 2 aromatic rings. The number of nitrogens with one attached hydrogen (secondary N) is 1. The van der Waals surface area contributed by atoms with Crippen molar-refractivity contribution in [2.45, 2.75) is 20.5 Å². The van der Waals surface area contributed by atoms with Crippen LogP contribution in [-0.2, 0) is 6.61 Å². The van der Waals surface area contributed by atoms with Crippen LogP contribution in [0.15, 0.2) is 23.6 Å². The molecule has 0 aliphatic heterocycles. The number of thiazole rings is 1. The Morgan fingerprint density at radius 2 is 2.09 bits per heavy atom. The van der Waals surface area contributed by atoms with Gasteiger partial charge in [0.15, 0.2) is 0 Å². The Morgan fingerprint density at radius 1 is 1.30 bits per heavy atom. The molecule has 1 amide bonds. The number of hydrogen-bond donors (Lipinski definition) is 1. The van der Waals surface area contributed by atoms with Gasteiger partial charge in [-0.05, 0) is 51.2 Å². The fourth-order valence-electron chi connectivity index (χ4n) is 1.91. The van der Waals surface area contributed by atoms with E-state index < -0.39 is 0 Å². The van der Waals surface area contributed by atoms with E-state index in [4.69, 9.17) is 4.74 Å². The quantitative estimate of drug-likeness (QED) is 0.846. The van der Waals surface area contributed by atoms with E-state index in [-0.39, 0.29) is 5.91 Å². The molecule has 1 N–H and O–H groups in total. The molecule has 0 radical (unpaired) electrons. The van der Waals surface area contributed by atoms with E-state index in [9.17, 15) is 4.79 Å². The number of rotatable bonds is 7. The van der Waals surface area contributed by atoms with Gasteiger partial charge in [0.05, 0.1) is 0 Å². The molecule has 1 aromatic heterocycles. The van der Waals surface area contributed by atoms with E-state index in [1.807, 2.05) is 37.2 Å². The third-order valence-electron chi connectivity index (χ3n) is 3.47. The summed E-state index contributed by atoms with van der Waals surface area (Å²) in [6.07, 6.45) is 0. The molecule has 0 aliphatic carbocycles. The Bertz CT molecular complexity index is 668. The van der Waals surface area contributed by atoms with Crippen molar-refractivity contribution >= 4 is 17.2 Å². The Morgan fingerprint density at radius 3 is 2.78 bits per heavy atom. The predicted octanol–water partition coefficient (Wildman–Crippen LogP) is 2.63. The smallest absolute Gasteiger partial charge is 0.270 e. The number of benzene rings is 1. The normalized spacial score (nSPS) is 10.8. The highest BCUT2D eigenvalue weighted by atomic mass is 32.1. The minimum atomic E-state index is -0.138. The van der Waals surface area contributed by atoms with Crippen LogP contribution in [0, 0.1) is 13.8 Å². The summed E-state index contributed by atoms with van der Waals surface area (Å²) in [6.45, 7) is 5.91. The van der Waals surface area contributed by atoms with Gasteiger partial charge in [-0.2, -0.15) is 0 Å². The summed E-state index contributed by atoms with van der Waals surface area (Å²) in [5.41, 5.74) is 2.89. The van der Waals surface area contributed by atoms with Gasteiger partial charge in [0.1, 0.15) is 23.1 Å². The molecule has 0 atom stereocenters. The minimum absolute atomic E-state index is 0.138. The van der Waals surface area contributed by atoms with Crippen LogP contribution >= 0.6 is 11.3 Å². The summed E-state index contributed by atoms with van der Waals surface area (Å²) in [7, 11) is 3.94. The van der Waals surface area contributed by atoms with Crippen molar-refractivity contribution in [3.8, 4) is 5.75 Å². The topological polar surface area (TPSA) is 54.5 Å². The SMILES string of the molecule is Cc1ccc(OCc2nc(C(=O)NCCN(C)C)cs2)cc1C. The van der Waals surface area contributed by atoms with Crippen LogP contribution in [0.5, 0.6) is 5.75 Å². The highest BCUT2D eigenvalue weighted by molar-refractivity contribution is 7.09. The number of carbonyl (C=O) groups is 1. The number of nitrogens with zero attached hydrogens (tertiary/aromatic N) is 2. The van der Waals surface area contributed by atoms with Crippen molar-refractivity contribution in [2.24, 2.45) is 0 Å². The molecule has 1 aromatic carbocycles. The Labute approximate surface area is 141 Å². The first-order valence-electron chi connectivity index (χ1n) is 7.53. The first-order valence-corrected chi connectivity index (χ1v) is 8.41. The summed E-state index contributed by atoms with van der Waals surface area (Å²) < 4.78 is 5.74. The maximum absolute atomic E-state index is 12.0. The van der Waals surface area contributed by atoms with Crippen LogP contribution in [0.2, 0.25) is 0 Å². The minimum Gasteiger partial charge on any atom is -0.486 e. The van der Waals surface area contributed by atoms with Crippen LogP contribution in [0.4, 0.5) is 0 Å². The average Bonchev–Trinajstić information content (AvgIpc) is 2.97. The molecule has 2 rings (SSSR count). The molecule has 0 fully saturated rings. The lowest BCUT2D eigenvalue weighted by Gasteiger charge is -2.09. The van der Waals surface area contributed by atoms with Gasteiger partial charge in [-0.25, -0.2) is 4.98 Å². The van der Waals surface area contributed by atoms with Crippen LogP contribution in [0.25, 0.3) is 0 Å². The zero-order chi connectivity index (χ0) is 16.8. The summed E-state index contributed by atoms with van der Waals surface area (Å²) in [5.74, 6) is 0.681. The van der Waals surface area contributed by atoms with E-state index in [0.717, 1.165) is 17.3 Å². The molecule has 0 aliphatic rings. The zero-order valence-corrected chi connectivity index (χ0v) is 14.9. The fraction of sp³-hybridized carbons (Fsp3) is 0.412. The second kappa shape index (κ2) is 8.08. The van der Waals surface area contributed by atoms with Crippen molar-refractivity contribution in [1.29, 1.82) is 0 Å². The van der Waals surface area contributed by atoms with Gasteiger partial charge in [0.25, 0.3) is 5.91 Å². The molecule has 0 bridgehead atoms. The monoisotopic (exact) mass is 333 g/mol. The predicted molar refractivity (Wildman–Crippen MR) is 93.2 cm³/mol. The van der Waals surface area contributed by atoms with E-state index in [0.29, 0.717) is 18.8 Å². The number of likely N-dealkylation sites (N-methyl/N-ethyl adjacent to an activating group) is 1. The second-order valence-corrected chi connectivity index (χ2v) is 6.66. The molecule has 6 heteroatoms. The molecule has 1 heterocycles. The number of amides is 1. The van der Waals surface area contributed by atoms with Gasteiger partial charge in [-0.1, -0.05) is 6.07 Å². The first kappa shape index (κ1) is 17.4. The van der Waals surface area contributed by atoms with Crippen molar-refractivity contribution in [3.05, 3.63) is 45.4 Å². The van der Waals surface area contributed by atoms with Crippen LogP contribution in [0.3, 0.4) is 0 Å². The van der Waals surface area contributed by atoms with E-state index >= 15 is 0 Å². The lowest BCUT2D eigenvalue weighted by Crippen LogP contribution is -2.31. The third kappa shape index (κ3) is 5.33. The highest BCUT2D eigenvalue weighted by Crippen LogP contribution is 2.19. The van der Waals surface area contributed by atoms with E-state index in [1.54, 1.807) is 5.38 Å². The molecular formula is C17H23N3O2S. The number of aryl methyl sites for hydroxylation is 2. The van der Waals surface area contributed by atoms with E-state index in [1.165, 1.54) is 22.5 Å². The largest absolute Gasteiger partial charge is 0.486 e. The highest BCUT2D eigenvalue weighted by Gasteiger charge is 2.10. The Kier molecular flexibility index (Phi) is 6.12. The number of aromatic nitrogens is 1. The molecule has 0 spiro atoms. The summed E-state index contributed by atoms with van der Waals surface area (Å²) in [6, 6.07) is 6.00.